The second-order valence-electron chi connectivity index (χ2n) is 16.7. The van der Waals surface area contributed by atoms with Gasteiger partial charge in [0.25, 0.3) is 5.91 Å². The molecule has 0 spiro atoms. The first-order valence-corrected chi connectivity index (χ1v) is 20.8. The third kappa shape index (κ3) is 9.18. The van der Waals surface area contributed by atoms with E-state index in [1.165, 1.54) is 0 Å². The number of imide groups is 1. The molecule has 5 heterocycles. The highest BCUT2D eigenvalue weighted by molar-refractivity contribution is 6.05. The number of amides is 4. The number of hydrogen-bond donors (Lipinski definition) is 5. The zero-order chi connectivity index (χ0) is 41.8. The second kappa shape index (κ2) is 17.4. The number of aryl methyl sites for hydroxylation is 1. The van der Waals surface area contributed by atoms with Crippen LogP contribution in [0.5, 0.6) is 0 Å². The molecule has 0 bridgehead atoms. The molecule has 2 saturated heterocycles. The van der Waals surface area contributed by atoms with E-state index in [1.54, 1.807) is 28.3 Å². The van der Waals surface area contributed by atoms with Gasteiger partial charge >= 0.3 is 6.03 Å². The van der Waals surface area contributed by atoms with Crippen LogP contribution in [0.4, 0.5) is 21.9 Å². The van der Waals surface area contributed by atoms with Gasteiger partial charge in [-0.25, -0.2) is 14.8 Å². The highest BCUT2D eigenvalue weighted by Gasteiger charge is 2.25. The van der Waals surface area contributed by atoms with Gasteiger partial charge in [0.2, 0.25) is 5.91 Å². The van der Waals surface area contributed by atoms with Crippen molar-refractivity contribution in [3.05, 3.63) is 108 Å². The molecule has 0 aliphatic carbocycles. The van der Waals surface area contributed by atoms with E-state index in [0.29, 0.717) is 31.0 Å². The van der Waals surface area contributed by atoms with Crippen molar-refractivity contribution in [3.63, 3.8) is 0 Å². The van der Waals surface area contributed by atoms with Crippen LogP contribution in [-0.4, -0.2) is 81.8 Å². The number of aromatic amines is 1. The van der Waals surface area contributed by atoms with E-state index in [1.807, 2.05) is 45.0 Å². The molecule has 60 heavy (non-hydrogen) atoms. The molecule has 2 aliphatic rings. The van der Waals surface area contributed by atoms with E-state index in [-0.39, 0.29) is 23.4 Å². The normalized spacial score (nSPS) is 15.1. The van der Waals surface area contributed by atoms with Crippen molar-refractivity contribution >= 4 is 45.9 Å². The number of anilines is 3. The Hall–Kier alpha value is -6.54. The van der Waals surface area contributed by atoms with Crippen molar-refractivity contribution in [1.82, 2.24) is 40.7 Å². The van der Waals surface area contributed by atoms with Crippen molar-refractivity contribution in [2.45, 2.75) is 59.0 Å². The van der Waals surface area contributed by atoms with Crippen LogP contribution in [0.3, 0.4) is 0 Å². The van der Waals surface area contributed by atoms with E-state index in [4.69, 9.17) is 0 Å². The fraction of sp³-hybridized carbons (Fsp3) is 0.348. The Labute approximate surface area is 350 Å². The zero-order valence-electron chi connectivity index (χ0n) is 34.7. The maximum atomic E-state index is 12.8. The standard InChI is InChI=1S/C46H53N11O3/c1-30-23-33(5-6-34(30)26-49-44(59)35-27-52-57(28-35)46(2,3)4)42-39-24-40(53-43(39)51-29-50-42)32-7-9-36(10-8-32)48-19-18-47-25-31-15-20-55(21-16-31)37-11-13-38(14-12-37)56-22-17-41(58)54-45(56)60/h5-14,23-24,27-29,31,47-48H,15-22,25-26H2,1-4H3,(H,49,59)(H,50,51,53)(H,54,58,60). The predicted molar refractivity (Wildman–Crippen MR) is 236 cm³/mol. The molecule has 8 rings (SSSR count). The fourth-order valence-electron chi connectivity index (χ4n) is 7.87. The molecule has 0 saturated carbocycles. The summed E-state index contributed by atoms with van der Waals surface area (Å²) in [6, 6.07) is 24.5. The molecule has 6 aromatic rings. The Morgan fingerprint density at radius 3 is 2.35 bits per heavy atom. The minimum Gasteiger partial charge on any atom is -0.384 e. The lowest BCUT2D eigenvalue weighted by molar-refractivity contribution is -0.120. The molecule has 3 aromatic heterocycles. The number of piperidine rings is 1. The second-order valence-corrected chi connectivity index (χ2v) is 16.7. The van der Waals surface area contributed by atoms with Gasteiger partial charge in [0, 0.05) is 85.6 Å². The summed E-state index contributed by atoms with van der Waals surface area (Å²) in [7, 11) is 0. The average molecular weight is 808 g/mol. The van der Waals surface area contributed by atoms with Crippen LogP contribution in [0.25, 0.3) is 33.5 Å². The van der Waals surface area contributed by atoms with Crippen LogP contribution in [0.1, 0.15) is 61.5 Å². The van der Waals surface area contributed by atoms with Crippen LogP contribution >= 0.6 is 0 Å². The molecule has 310 valence electrons. The first kappa shape index (κ1) is 40.2. The van der Waals surface area contributed by atoms with Crippen LogP contribution < -0.4 is 31.1 Å². The lowest BCUT2D eigenvalue weighted by atomic mass is 9.96. The SMILES string of the molecule is Cc1cc(-c2ncnc3[nH]c(-c4ccc(NCCNCC5CCN(c6ccc(N7CCC(=O)NC7=O)cc6)CC5)cc4)cc23)ccc1CNC(=O)c1cnn(C(C)(C)C)c1. The van der Waals surface area contributed by atoms with E-state index >= 15 is 0 Å². The number of carbonyl (C=O) groups is 3. The number of aromatic nitrogens is 5. The van der Waals surface area contributed by atoms with Gasteiger partial charge in [0.05, 0.1) is 23.0 Å². The number of nitrogens with zero attached hydrogens (tertiary/aromatic N) is 6. The minimum atomic E-state index is -0.355. The maximum absolute atomic E-state index is 12.8. The number of carbonyl (C=O) groups excluding carboxylic acids is 3. The molecular formula is C46H53N11O3. The Balaban J connectivity index is 0.785. The Morgan fingerprint density at radius 2 is 1.63 bits per heavy atom. The molecule has 0 unspecified atom stereocenters. The molecule has 2 aliphatic heterocycles. The summed E-state index contributed by atoms with van der Waals surface area (Å²) < 4.78 is 1.80. The van der Waals surface area contributed by atoms with Gasteiger partial charge in [-0.15, -0.1) is 0 Å². The highest BCUT2D eigenvalue weighted by Crippen LogP contribution is 2.32. The summed E-state index contributed by atoms with van der Waals surface area (Å²) in [4.78, 5) is 53.2. The maximum Gasteiger partial charge on any atom is 0.328 e. The average Bonchev–Trinajstić information content (AvgIpc) is 3.93. The third-order valence-electron chi connectivity index (χ3n) is 11.5. The van der Waals surface area contributed by atoms with E-state index in [2.05, 4.69) is 102 Å². The lowest BCUT2D eigenvalue weighted by Crippen LogP contribution is -2.49. The molecule has 3 aromatic carbocycles. The summed E-state index contributed by atoms with van der Waals surface area (Å²) in [5.74, 6) is 0.262. The van der Waals surface area contributed by atoms with Crippen LogP contribution in [0.2, 0.25) is 0 Å². The number of H-pyrrole nitrogens is 1. The molecular weight excluding hydrogens is 755 g/mol. The van der Waals surface area contributed by atoms with Crippen LogP contribution in [0.15, 0.2) is 91.5 Å². The summed E-state index contributed by atoms with van der Waals surface area (Å²) >= 11 is 0. The smallest absolute Gasteiger partial charge is 0.328 e. The van der Waals surface area contributed by atoms with Crippen molar-refractivity contribution in [2.75, 3.05) is 54.4 Å². The van der Waals surface area contributed by atoms with Gasteiger partial charge in [-0.3, -0.25) is 24.5 Å². The number of fused-ring (bicyclic) bond motifs is 1. The predicted octanol–water partition coefficient (Wildman–Crippen LogP) is 6.85. The number of hydrogen-bond acceptors (Lipinski definition) is 9. The molecule has 5 N–H and O–H groups in total. The topological polar surface area (TPSA) is 165 Å². The zero-order valence-corrected chi connectivity index (χ0v) is 34.7. The number of rotatable bonds is 13. The van der Waals surface area contributed by atoms with Crippen molar-refractivity contribution in [3.8, 4) is 22.5 Å². The summed E-state index contributed by atoms with van der Waals surface area (Å²) in [6.45, 7) is 13.7. The molecule has 0 radical (unpaired) electrons. The van der Waals surface area contributed by atoms with Gasteiger partial charge in [-0.1, -0.05) is 24.3 Å². The highest BCUT2D eigenvalue weighted by atomic mass is 16.2. The van der Waals surface area contributed by atoms with E-state index < -0.39 is 0 Å². The summed E-state index contributed by atoms with van der Waals surface area (Å²) in [5, 5.41) is 17.9. The molecule has 14 nitrogen and oxygen atoms in total. The largest absolute Gasteiger partial charge is 0.384 e. The van der Waals surface area contributed by atoms with E-state index in [0.717, 1.165) is 107 Å². The quantitative estimate of drug-likeness (QED) is 0.0786. The number of benzene rings is 3. The first-order valence-electron chi connectivity index (χ1n) is 20.8. The van der Waals surface area contributed by atoms with E-state index in [9.17, 15) is 14.4 Å². The van der Waals surface area contributed by atoms with Crippen molar-refractivity contribution in [1.29, 1.82) is 0 Å². The van der Waals surface area contributed by atoms with Crippen molar-refractivity contribution in [2.24, 2.45) is 5.92 Å². The van der Waals surface area contributed by atoms with Crippen molar-refractivity contribution < 1.29 is 14.4 Å². The van der Waals surface area contributed by atoms with Gasteiger partial charge in [-0.05, 0) is 118 Å². The van der Waals surface area contributed by atoms with Gasteiger partial charge in [0.15, 0.2) is 0 Å². The lowest BCUT2D eigenvalue weighted by Gasteiger charge is -2.34. The summed E-state index contributed by atoms with van der Waals surface area (Å²) in [6.07, 6.45) is 7.56. The third-order valence-corrected chi connectivity index (χ3v) is 11.5. The van der Waals surface area contributed by atoms with Crippen LogP contribution in [0, 0.1) is 12.8 Å². The van der Waals surface area contributed by atoms with Crippen LogP contribution in [-0.2, 0) is 16.9 Å². The monoisotopic (exact) mass is 807 g/mol. The Morgan fingerprint density at radius 1 is 0.883 bits per heavy atom. The number of nitrogens with one attached hydrogen (secondary N) is 5. The van der Waals surface area contributed by atoms with Gasteiger partial charge in [0.1, 0.15) is 12.0 Å². The Kier molecular flexibility index (Phi) is 11.6. The molecule has 14 heteroatoms. The molecule has 4 amide bonds. The minimum absolute atomic E-state index is 0.151. The first-order chi connectivity index (χ1) is 29.0. The molecule has 2 fully saturated rings. The summed E-state index contributed by atoms with van der Waals surface area (Å²) in [5.41, 5.74) is 10.1. The van der Waals surface area contributed by atoms with Gasteiger partial charge < -0.3 is 25.8 Å². The molecule has 0 atom stereocenters. The Bertz CT molecular complexity index is 2480. The van der Waals surface area contributed by atoms with Gasteiger partial charge in [-0.2, -0.15) is 5.10 Å². The number of urea groups is 1. The fourth-order valence-corrected chi connectivity index (χ4v) is 7.87.